The van der Waals surface area contributed by atoms with E-state index in [1.54, 1.807) is 0 Å². The molecular weight excluding hydrogens is 256 g/mol. The first-order valence-electron chi connectivity index (χ1n) is 8.92. The van der Waals surface area contributed by atoms with Gasteiger partial charge in [-0.25, -0.2) is 0 Å². The Labute approximate surface area is 129 Å². The number of hydrogen-bond acceptors (Lipinski definition) is 2. The van der Waals surface area contributed by atoms with Crippen molar-refractivity contribution in [2.45, 2.75) is 70.0 Å². The highest BCUT2D eigenvalue weighted by molar-refractivity contribution is 5.20. The molecule has 2 heteroatoms. The van der Waals surface area contributed by atoms with Crippen LogP contribution in [0.25, 0.3) is 0 Å². The van der Waals surface area contributed by atoms with Crippen molar-refractivity contribution in [3.8, 4) is 0 Å². The minimum Gasteiger partial charge on any atom is -0.307 e. The zero-order chi connectivity index (χ0) is 14.5. The van der Waals surface area contributed by atoms with E-state index in [2.05, 4.69) is 47.5 Å². The van der Waals surface area contributed by atoms with Crippen molar-refractivity contribution in [3.05, 3.63) is 35.9 Å². The number of rotatable bonds is 4. The molecule has 2 unspecified atom stereocenters. The average molecular weight is 286 g/mol. The first-order chi connectivity index (χ1) is 10.4. The van der Waals surface area contributed by atoms with Crippen molar-refractivity contribution < 1.29 is 0 Å². The number of piperazine rings is 1. The van der Waals surface area contributed by atoms with Crippen LogP contribution in [0.2, 0.25) is 0 Å². The van der Waals surface area contributed by atoms with Gasteiger partial charge in [0, 0.05) is 31.2 Å². The molecule has 0 aromatic heterocycles. The van der Waals surface area contributed by atoms with Crippen molar-refractivity contribution in [2.75, 3.05) is 13.1 Å². The highest BCUT2D eigenvalue weighted by atomic mass is 15.3. The average Bonchev–Trinajstić information content (AvgIpc) is 2.57. The van der Waals surface area contributed by atoms with E-state index in [1.165, 1.54) is 57.1 Å². The number of benzene rings is 1. The van der Waals surface area contributed by atoms with E-state index >= 15 is 0 Å². The number of nitrogens with one attached hydrogen (secondary N) is 1. The van der Waals surface area contributed by atoms with Crippen molar-refractivity contribution in [1.82, 2.24) is 10.2 Å². The Hall–Kier alpha value is -0.860. The number of hydrogen-bond donors (Lipinski definition) is 1. The summed E-state index contributed by atoms with van der Waals surface area (Å²) in [6.07, 6.45) is 9.79. The summed E-state index contributed by atoms with van der Waals surface area (Å²) in [5, 5.41) is 3.80. The standard InChI is InChI=1S/C19H30N2/c1-2-9-18-14-20-19(16-10-5-3-6-11-16)15-21(18)17-12-7-4-8-13-17/h3,5-6,10-11,17-20H,2,4,7-9,12-15H2,1H3. The predicted octanol–water partition coefficient (Wildman–Crippen LogP) is 4.13. The summed E-state index contributed by atoms with van der Waals surface area (Å²) in [6, 6.07) is 13.1. The minimum atomic E-state index is 0.515. The molecule has 21 heavy (non-hydrogen) atoms. The fourth-order valence-electron chi connectivity index (χ4n) is 4.19. The SMILES string of the molecule is CCCC1CNC(c2ccccc2)CN1C1CCCCC1. The number of nitrogens with zero attached hydrogens (tertiary/aromatic N) is 1. The highest BCUT2D eigenvalue weighted by Gasteiger charge is 2.33. The van der Waals surface area contributed by atoms with Gasteiger partial charge in [0.1, 0.15) is 0 Å². The maximum absolute atomic E-state index is 3.80. The van der Waals surface area contributed by atoms with Crippen LogP contribution >= 0.6 is 0 Å². The molecule has 0 bridgehead atoms. The third-order valence-electron chi connectivity index (χ3n) is 5.33. The highest BCUT2D eigenvalue weighted by Crippen LogP contribution is 2.30. The van der Waals surface area contributed by atoms with Crippen LogP contribution in [0.5, 0.6) is 0 Å². The largest absolute Gasteiger partial charge is 0.307 e. The molecule has 2 fully saturated rings. The first-order valence-corrected chi connectivity index (χ1v) is 8.92. The monoisotopic (exact) mass is 286 g/mol. The lowest BCUT2D eigenvalue weighted by atomic mass is 9.90. The summed E-state index contributed by atoms with van der Waals surface area (Å²) in [5.41, 5.74) is 1.45. The Morgan fingerprint density at radius 1 is 1.10 bits per heavy atom. The van der Waals surface area contributed by atoms with Gasteiger partial charge in [-0.2, -0.15) is 0 Å². The van der Waals surface area contributed by atoms with Crippen LogP contribution in [0, 0.1) is 0 Å². The molecule has 1 heterocycles. The lowest BCUT2D eigenvalue weighted by Crippen LogP contribution is -2.56. The molecule has 2 nitrogen and oxygen atoms in total. The molecule has 1 saturated carbocycles. The van der Waals surface area contributed by atoms with Crippen LogP contribution in [0.15, 0.2) is 30.3 Å². The van der Waals surface area contributed by atoms with E-state index in [-0.39, 0.29) is 0 Å². The lowest BCUT2D eigenvalue weighted by molar-refractivity contribution is 0.0566. The molecule has 116 valence electrons. The van der Waals surface area contributed by atoms with Gasteiger partial charge in [-0.15, -0.1) is 0 Å². The van der Waals surface area contributed by atoms with Crippen LogP contribution in [0.1, 0.15) is 63.5 Å². The second-order valence-electron chi connectivity index (χ2n) is 6.80. The Kier molecular flexibility index (Phi) is 5.32. The topological polar surface area (TPSA) is 15.3 Å². The summed E-state index contributed by atoms with van der Waals surface area (Å²) >= 11 is 0. The molecule has 2 aliphatic rings. The van der Waals surface area contributed by atoms with E-state index in [4.69, 9.17) is 0 Å². The Balaban J connectivity index is 1.71. The van der Waals surface area contributed by atoms with Crippen LogP contribution in [-0.2, 0) is 0 Å². The van der Waals surface area contributed by atoms with Gasteiger partial charge < -0.3 is 5.32 Å². The molecule has 3 rings (SSSR count). The second-order valence-corrected chi connectivity index (χ2v) is 6.80. The maximum atomic E-state index is 3.80. The third-order valence-corrected chi connectivity index (χ3v) is 5.33. The Bertz CT molecular complexity index is 406. The quantitative estimate of drug-likeness (QED) is 0.895. The first kappa shape index (κ1) is 15.1. The Morgan fingerprint density at radius 3 is 2.57 bits per heavy atom. The van der Waals surface area contributed by atoms with Crippen molar-refractivity contribution in [2.24, 2.45) is 0 Å². The van der Waals surface area contributed by atoms with Crippen molar-refractivity contribution in [1.29, 1.82) is 0 Å². The van der Waals surface area contributed by atoms with Gasteiger partial charge in [0.15, 0.2) is 0 Å². The van der Waals surface area contributed by atoms with Crippen molar-refractivity contribution >= 4 is 0 Å². The molecule has 1 aromatic carbocycles. The summed E-state index contributed by atoms with van der Waals surface area (Å²) in [5.74, 6) is 0. The maximum Gasteiger partial charge on any atom is 0.0450 e. The third kappa shape index (κ3) is 3.67. The Morgan fingerprint density at radius 2 is 1.86 bits per heavy atom. The fraction of sp³-hybridized carbons (Fsp3) is 0.684. The van der Waals surface area contributed by atoms with E-state index in [9.17, 15) is 0 Å². The van der Waals surface area contributed by atoms with Crippen LogP contribution in [-0.4, -0.2) is 30.1 Å². The van der Waals surface area contributed by atoms with Crippen LogP contribution in [0.4, 0.5) is 0 Å². The molecular formula is C19H30N2. The normalized spacial score (nSPS) is 28.6. The van der Waals surface area contributed by atoms with Crippen molar-refractivity contribution in [3.63, 3.8) is 0 Å². The molecule has 0 radical (unpaired) electrons. The molecule has 1 aliphatic carbocycles. The second kappa shape index (κ2) is 7.42. The minimum absolute atomic E-state index is 0.515. The fourth-order valence-corrected chi connectivity index (χ4v) is 4.19. The molecule has 0 spiro atoms. The van der Waals surface area contributed by atoms with Crippen LogP contribution in [0.3, 0.4) is 0 Å². The smallest absolute Gasteiger partial charge is 0.0450 e. The molecule has 1 N–H and O–H groups in total. The predicted molar refractivity (Wildman–Crippen MR) is 89.5 cm³/mol. The van der Waals surface area contributed by atoms with Gasteiger partial charge in [-0.3, -0.25) is 4.90 Å². The summed E-state index contributed by atoms with van der Waals surface area (Å²) in [6.45, 7) is 4.67. The molecule has 0 amide bonds. The lowest BCUT2D eigenvalue weighted by Gasteiger charge is -2.46. The van der Waals surface area contributed by atoms with E-state index in [1.807, 2.05) is 0 Å². The zero-order valence-electron chi connectivity index (χ0n) is 13.4. The molecule has 1 aliphatic heterocycles. The molecule has 2 atom stereocenters. The zero-order valence-corrected chi connectivity index (χ0v) is 13.4. The van der Waals surface area contributed by atoms with Gasteiger partial charge in [0.05, 0.1) is 0 Å². The summed E-state index contributed by atoms with van der Waals surface area (Å²) < 4.78 is 0. The van der Waals surface area contributed by atoms with Crippen LogP contribution < -0.4 is 5.32 Å². The van der Waals surface area contributed by atoms with E-state index in [0.29, 0.717) is 6.04 Å². The van der Waals surface area contributed by atoms with Gasteiger partial charge in [0.25, 0.3) is 0 Å². The van der Waals surface area contributed by atoms with Gasteiger partial charge >= 0.3 is 0 Å². The molecule has 1 saturated heterocycles. The van der Waals surface area contributed by atoms with E-state index < -0.39 is 0 Å². The van der Waals surface area contributed by atoms with E-state index in [0.717, 1.165) is 18.6 Å². The molecule has 1 aromatic rings. The van der Waals surface area contributed by atoms with Gasteiger partial charge in [-0.1, -0.05) is 62.9 Å². The van der Waals surface area contributed by atoms with Gasteiger partial charge in [0.2, 0.25) is 0 Å². The summed E-state index contributed by atoms with van der Waals surface area (Å²) in [7, 11) is 0. The van der Waals surface area contributed by atoms with Gasteiger partial charge in [-0.05, 0) is 24.8 Å². The summed E-state index contributed by atoms with van der Waals surface area (Å²) in [4.78, 5) is 2.86.